The monoisotopic (exact) mass is 318 g/mol. The summed E-state index contributed by atoms with van der Waals surface area (Å²) in [6.45, 7) is 0.690. The number of carbonyl (C=O) groups excluding carboxylic acids is 1. The van der Waals surface area contributed by atoms with Gasteiger partial charge in [0.15, 0.2) is 0 Å². The van der Waals surface area contributed by atoms with E-state index < -0.39 is 0 Å². The van der Waals surface area contributed by atoms with Crippen molar-refractivity contribution in [1.29, 1.82) is 0 Å². The van der Waals surface area contributed by atoms with Gasteiger partial charge in [-0.05, 0) is 42.0 Å². The van der Waals surface area contributed by atoms with Crippen LogP contribution in [0, 0.1) is 0 Å². The van der Waals surface area contributed by atoms with Crippen molar-refractivity contribution < 1.29 is 14.3 Å². The third-order valence-corrected chi connectivity index (χ3v) is 3.65. The molecule has 2 amide bonds. The summed E-state index contributed by atoms with van der Waals surface area (Å²) in [6, 6.07) is 10.3. The van der Waals surface area contributed by atoms with Crippen LogP contribution in [0.3, 0.4) is 0 Å². The van der Waals surface area contributed by atoms with E-state index in [0.29, 0.717) is 23.1 Å². The second-order valence-electron chi connectivity index (χ2n) is 4.85. The smallest absolute Gasteiger partial charge is 0.323 e. The number of nitrogens with one attached hydrogen (secondary N) is 2. The molecule has 1 aliphatic heterocycles. The van der Waals surface area contributed by atoms with Gasteiger partial charge in [0.1, 0.15) is 11.5 Å². The first-order valence-electron chi connectivity index (χ1n) is 6.83. The summed E-state index contributed by atoms with van der Waals surface area (Å²) < 4.78 is 10.5. The van der Waals surface area contributed by atoms with E-state index in [1.54, 1.807) is 25.3 Å². The van der Waals surface area contributed by atoms with E-state index in [9.17, 15) is 4.79 Å². The first-order valence-corrected chi connectivity index (χ1v) is 7.21. The Morgan fingerprint density at radius 1 is 1.18 bits per heavy atom. The van der Waals surface area contributed by atoms with Gasteiger partial charge in [0.2, 0.25) is 0 Å². The van der Waals surface area contributed by atoms with Crippen LogP contribution in [-0.2, 0) is 6.42 Å². The first-order chi connectivity index (χ1) is 10.7. The molecule has 0 aromatic heterocycles. The van der Waals surface area contributed by atoms with Gasteiger partial charge >= 0.3 is 6.03 Å². The van der Waals surface area contributed by atoms with Gasteiger partial charge in [-0.15, -0.1) is 0 Å². The predicted molar refractivity (Wildman–Crippen MR) is 86.3 cm³/mol. The third kappa shape index (κ3) is 3.09. The molecule has 1 aliphatic rings. The van der Waals surface area contributed by atoms with Gasteiger partial charge in [-0.25, -0.2) is 4.79 Å². The molecule has 5 nitrogen and oxygen atoms in total. The van der Waals surface area contributed by atoms with Crippen LogP contribution in [0.2, 0.25) is 5.02 Å². The molecule has 0 spiro atoms. The fourth-order valence-corrected chi connectivity index (χ4v) is 2.56. The maximum Gasteiger partial charge on any atom is 0.323 e. The van der Waals surface area contributed by atoms with E-state index in [0.717, 1.165) is 23.4 Å². The molecule has 0 fully saturated rings. The zero-order chi connectivity index (χ0) is 15.5. The van der Waals surface area contributed by atoms with Crippen LogP contribution in [0.25, 0.3) is 0 Å². The average Bonchev–Trinajstić information content (AvgIpc) is 2.95. The SMILES string of the molecule is COc1ccc(NC(=O)Nc2ccc3c(c2)CCO3)cc1Cl. The van der Waals surface area contributed by atoms with Gasteiger partial charge in [-0.1, -0.05) is 11.6 Å². The lowest BCUT2D eigenvalue weighted by Crippen LogP contribution is -2.19. The van der Waals surface area contributed by atoms with Crippen LogP contribution in [0.4, 0.5) is 16.2 Å². The van der Waals surface area contributed by atoms with Crippen LogP contribution in [0.5, 0.6) is 11.5 Å². The number of methoxy groups -OCH3 is 1. The second-order valence-corrected chi connectivity index (χ2v) is 5.26. The number of hydrogen-bond donors (Lipinski definition) is 2. The van der Waals surface area contributed by atoms with E-state index in [1.807, 2.05) is 18.2 Å². The summed E-state index contributed by atoms with van der Waals surface area (Å²) in [6.07, 6.45) is 0.862. The van der Waals surface area contributed by atoms with E-state index in [2.05, 4.69) is 10.6 Å². The van der Waals surface area contributed by atoms with Crippen molar-refractivity contribution in [2.45, 2.75) is 6.42 Å². The number of rotatable bonds is 3. The highest BCUT2D eigenvalue weighted by Gasteiger charge is 2.13. The molecule has 0 aliphatic carbocycles. The molecule has 114 valence electrons. The summed E-state index contributed by atoms with van der Waals surface area (Å²) >= 11 is 6.03. The lowest BCUT2D eigenvalue weighted by molar-refractivity contribution is 0.262. The number of fused-ring (bicyclic) bond motifs is 1. The molecular formula is C16H15ClN2O3. The highest BCUT2D eigenvalue weighted by atomic mass is 35.5. The Morgan fingerprint density at radius 3 is 2.64 bits per heavy atom. The van der Waals surface area contributed by atoms with Crippen molar-refractivity contribution in [2.75, 3.05) is 24.4 Å². The van der Waals surface area contributed by atoms with E-state index >= 15 is 0 Å². The highest BCUT2D eigenvalue weighted by Crippen LogP contribution is 2.29. The first kappa shape index (κ1) is 14.5. The predicted octanol–water partition coefficient (Wildman–Crippen LogP) is 3.93. The van der Waals surface area contributed by atoms with Gasteiger partial charge in [0.05, 0.1) is 18.7 Å². The van der Waals surface area contributed by atoms with Crippen LogP contribution < -0.4 is 20.1 Å². The topological polar surface area (TPSA) is 59.6 Å². The number of carbonyl (C=O) groups is 1. The Morgan fingerprint density at radius 2 is 1.91 bits per heavy atom. The number of anilines is 2. The second kappa shape index (κ2) is 6.15. The van der Waals surface area contributed by atoms with E-state index in [1.165, 1.54) is 0 Å². The summed E-state index contributed by atoms with van der Waals surface area (Å²) in [5, 5.41) is 5.96. The standard InChI is InChI=1S/C16H15ClN2O3/c1-21-15-5-3-12(9-13(15)17)19-16(20)18-11-2-4-14-10(8-11)6-7-22-14/h2-5,8-9H,6-7H2,1H3,(H2,18,19,20). The maximum absolute atomic E-state index is 12.0. The van der Waals surface area contributed by atoms with Crippen LogP contribution in [0.15, 0.2) is 36.4 Å². The summed E-state index contributed by atoms with van der Waals surface area (Å²) in [4.78, 5) is 12.0. The molecule has 22 heavy (non-hydrogen) atoms. The molecule has 2 N–H and O–H groups in total. The highest BCUT2D eigenvalue weighted by molar-refractivity contribution is 6.32. The molecule has 0 radical (unpaired) electrons. The number of hydrogen-bond acceptors (Lipinski definition) is 3. The molecule has 0 bridgehead atoms. The molecule has 3 rings (SSSR count). The maximum atomic E-state index is 12.0. The van der Waals surface area contributed by atoms with Crippen LogP contribution in [-0.4, -0.2) is 19.7 Å². The van der Waals surface area contributed by atoms with Crippen molar-refractivity contribution in [1.82, 2.24) is 0 Å². The van der Waals surface area contributed by atoms with Crippen molar-refractivity contribution in [3.8, 4) is 11.5 Å². The van der Waals surface area contributed by atoms with Crippen LogP contribution >= 0.6 is 11.6 Å². The van der Waals surface area contributed by atoms with Crippen LogP contribution in [0.1, 0.15) is 5.56 Å². The number of halogens is 1. The summed E-state index contributed by atoms with van der Waals surface area (Å²) in [7, 11) is 1.54. The van der Waals surface area contributed by atoms with Crippen molar-refractivity contribution in [3.05, 3.63) is 47.0 Å². The van der Waals surface area contributed by atoms with Gasteiger partial charge in [-0.2, -0.15) is 0 Å². The number of urea groups is 1. The van der Waals surface area contributed by atoms with Gasteiger partial charge < -0.3 is 20.1 Å². The summed E-state index contributed by atoms with van der Waals surface area (Å²) in [5.41, 5.74) is 2.42. The lowest BCUT2D eigenvalue weighted by atomic mass is 10.1. The number of amides is 2. The van der Waals surface area contributed by atoms with Gasteiger partial charge in [-0.3, -0.25) is 0 Å². The molecule has 6 heteroatoms. The minimum Gasteiger partial charge on any atom is -0.495 e. The minimum absolute atomic E-state index is 0.333. The van der Waals surface area contributed by atoms with E-state index in [-0.39, 0.29) is 6.03 Å². The Bertz CT molecular complexity index is 719. The Hall–Kier alpha value is -2.40. The van der Waals surface area contributed by atoms with Crippen molar-refractivity contribution in [2.24, 2.45) is 0 Å². The molecule has 0 saturated carbocycles. The number of ether oxygens (including phenoxy) is 2. The molecule has 0 saturated heterocycles. The average molecular weight is 319 g/mol. The summed E-state index contributed by atoms with van der Waals surface area (Å²) in [5.74, 6) is 1.44. The van der Waals surface area contributed by atoms with Gasteiger partial charge in [0, 0.05) is 17.8 Å². The molecule has 0 atom stereocenters. The third-order valence-electron chi connectivity index (χ3n) is 3.36. The molecule has 1 heterocycles. The van der Waals surface area contributed by atoms with Crippen molar-refractivity contribution in [3.63, 3.8) is 0 Å². The van der Waals surface area contributed by atoms with Gasteiger partial charge in [0.25, 0.3) is 0 Å². The van der Waals surface area contributed by atoms with Crippen molar-refractivity contribution >= 4 is 29.0 Å². The fourth-order valence-electron chi connectivity index (χ4n) is 2.30. The quantitative estimate of drug-likeness (QED) is 0.901. The molecule has 0 unspecified atom stereocenters. The lowest BCUT2D eigenvalue weighted by Gasteiger charge is -2.10. The Kier molecular flexibility index (Phi) is 4.06. The minimum atomic E-state index is -0.333. The van der Waals surface area contributed by atoms with E-state index in [4.69, 9.17) is 21.1 Å². The zero-order valence-corrected chi connectivity index (χ0v) is 12.7. The molecular weight excluding hydrogens is 304 g/mol. The number of benzene rings is 2. The zero-order valence-electron chi connectivity index (χ0n) is 12.0. The Labute approximate surface area is 133 Å². The molecule has 2 aromatic rings. The Balaban J connectivity index is 1.66. The molecule has 2 aromatic carbocycles. The fraction of sp³-hybridized carbons (Fsp3) is 0.188. The normalized spacial score (nSPS) is 12.3. The largest absolute Gasteiger partial charge is 0.495 e.